The molecule has 116 valence electrons. The van der Waals surface area contributed by atoms with Crippen LogP contribution in [0.5, 0.6) is 0 Å². The van der Waals surface area contributed by atoms with Crippen LogP contribution >= 0.6 is 0 Å². The lowest BCUT2D eigenvalue weighted by Gasteiger charge is -2.36. The van der Waals surface area contributed by atoms with Crippen molar-refractivity contribution in [1.29, 1.82) is 0 Å². The third kappa shape index (κ3) is 3.57. The van der Waals surface area contributed by atoms with Crippen LogP contribution in [0.1, 0.15) is 31.4 Å². The molecule has 0 aliphatic carbocycles. The van der Waals surface area contributed by atoms with Gasteiger partial charge in [0.25, 0.3) is 0 Å². The van der Waals surface area contributed by atoms with Gasteiger partial charge in [-0.2, -0.15) is 0 Å². The number of aromatic nitrogens is 3. The molecule has 0 spiro atoms. The molecule has 0 bridgehead atoms. The van der Waals surface area contributed by atoms with Gasteiger partial charge in [0.1, 0.15) is 0 Å². The van der Waals surface area contributed by atoms with Gasteiger partial charge in [-0.05, 0) is 37.5 Å². The Morgan fingerprint density at radius 1 is 1.18 bits per heavy atom. The molecule has 0 unspecified atom stereocenters. The van der Waals surface area contributed by atoms with Crippen LogP contribution in [0.25, 0.3) is 0 Å². The quantitative estimate of drug-likeness (QED) is 0.941. The first-order valence-corrected chi connectivity index (χ1v) is 7.60. The molecular weight excluding hydrogens is 281 g/mol. The zero-order chi connectivity index (χ0) is 15.4. The van der Waals surface area contributed by atoms with Gasteiger partial charge in [0.05, 0.1) is 12.4 Å². The van der Waals surface area contributed by atoms with Gasteiger partial charge in [0.2, 0.25) is 5.95 Å². The first kappa shape index (κ1) is 14.8. The first-order chi connectivity index (χ1) is 10.7. The van der Waals surface area contributed by atoms with Gasteiger partial charge in [-0.1, -0.05) is 0 Å². The summed E-state index contributed by atoms with van der Waals surface area (Å²) in [5.74, 6) is 0.0913. The lowest BCUT2D eigenvalue weighted by Crippen LogP contribution is -2.40. The molecule has 0 aromatic carbocycles. The number of nitrogens with one attached hydrogen (secondary N) is 1. The number of rotatable bonds is 4. The minimum absolute atomic E-state index is 0.339. The topological polar surface area (TPSA) is 53.9 Å². The van der Waals surface area contributed by atoms with Crippen LogP contribution in [0.2, 0.25) is 0 Å². The number of hydrogen-bond acceptors (Lipinski definition) is 5. The molecule has 2 aromatic rings. The van der Waals surface area contributed by atoms with Crippen molar-refractivity contribution in [3.8, 4) is 0 Å². The zero-order valence-electron chi connectivity index (χ0n) is 12.6. The standard InChI is InChI=1S/C16H20FN5/c1-12(13-2-6-18-7-3-13)22-8-4-15(5-9-22)21-16-19-10-14(17)11-20-16/h2-3,6-7,10-12,15H,4-5,8-9H2,1H3,(H,19,20,21)/t12-/m0/s1. The van der Waals surface area contributed by atoms with Crippen molar-refractivity contribution in [2.24, 2.45) is 0 Å². The van der Waals surface area contributed by atoms with E-state index in [0.29, 0.717) is 18.0 Å². The van der Waals surface area contributed by atoms with Crippen LogP contribution in [0.15, 0.2) is 36.9 Å². The third-order valence-corrected chi connectivity index (χ3v) is 4.22. The monoisotopic (exact) mass is 301 g/mol. The molecule has 1 fully saturated rings. The Labute approximate surface area is 129 Å². The summed E-state index contributed by atoms with van der Waals surface area (Å²) >= 11 is 0. The van der Waals surface area contributed by atoms with Crippen molar-refractivity contribution in [2.45, 2.75) is 31.8 Å². The second-order valence-electron chi connectivity index (χ2n) is 5.64. The molecule has 1 saturated heterocycles. The Hall–Kier alpha value is -2.08. The van der Waals surface area contributed by atoms with Crippen molar-refractivity contribution in [3.05, 3.63) is 48.3 Å². The summed E-state index contributed by atoms with van der Waals surface area (Å²) < 4.78 is 12.8. The molecule has 1 N–H and O–H groups in total. The van der Waals surface area contributed by atoms with E-state index >= 15 is 0 Å². The maximum atomic E-state index is 12.8. The van der Waals surface area contributed by atoms with Crippen molar-refractivity contribution in [1.82, 2.24) is 19.9 Å². The molecule has 5 nitrogen and oxygen atoms in total. The zero-order valence-corrected chi connectivity index (χ0v) is 12.6. The van der Waals surface area contributed by atoms with Crippen LogP contribution in [0, 0.1) is 5.82 Å². The molecule has 1 aliphatic heterocycles. The molecule has 3 heterocycles. The number of likely N-dealkylation sites (tertiary alicyclic amines) is 1. The number of halogens is 1. The van der Waals surface area contributed by atoms with Gasteiger partial charge >= 0.3 is 0 Å². The van der Waals surface area contributed by atoms with E-state index in [9.17, 15) is 4.39 Å². The Morgan fingerprint density at radius 2 is 1.82 bits per heavy atom. The van der Waals surface area contributed by atoms with Gasteiger partial charge in [0, 0.05) is 37.6 Å². The summed E-state index contributed by atoms with van der Waals surface area (Å²) in [6, 6.07) is 4.88. The van der Waals surface area contributed by atoms with E-state index in [0.717, 1.165) is 25.9 Å². The summed E-state index contributed by atoms with van der Waals surface area (Å²) in [4.78, 5) is 14.5. The van der Waals surface area contributed by atoms with Gasteiger partial charge in [-0.15, -0.1) is 0 Å². The van der Waals surface area contributed by atoms with Gasteiger partial charge in [0.15, 0.2) is 5.82 Å². The fraction of sp³-hybridized carbons (Fsp3) is 0.438. The summed E-state index contributed by atoms with van der Waals surface area (Å²) in [5, 5.41) is 3.28. The summed E-state index contributed by atoms with van der Waals surface area (Å²) in [6.45, 7) is 4.26. The van der Waals surface area contributed by atoms with Crippen molar-refractivity contribution >= 4 is 5.95 Å². The number of nitrogens with zero attached hydrogens (tertiary/aromatic N) is 4. The highest BCUT2D eigenvalue weighted by Gasteiger charge is 2.23. The highest BCUT2D eigenvalue weighted by molar-refractivity contribution is 5.25. The minimum atomic E-state index is -0.411. The largest absolute Gasteiger partial charge is 0.351 e. The van der Waals surface area contributed by atoms with Crippen LogP contribution in [-0.2, 0) is 0 Å². The normalized spacial score (nSPS) is 18.1. The average Bonchev–Trinajstić information content (AvgIpc) is 2.58. The van der Waals surface area contributed by atoms with Crippen LogP contribution < -0.4 is 5.32 Å². The van der Waals surface area contributed by atoms with Gasteiger partial charge in [-0.25, -0.2) is 14.4 Å². The number of pyridine rings is 1. The molecule has 0 saturated carbocycles. The van der Waals surface area contributed by atoms with E-state index < -0.39 is 5.82 Å². The molecule has 22 heavy (non-hydrogen) atoms. The second-order valence-corrected chi connectivity index (χ2v) is 5.64. The SMILES string of the molecule is C[C@@H](c1ccncc1)N1CCC(Nc2ncc(F)cn2)CC1. The average molecular weight is 301 g/mol. The highest BCUT2D eigenvalue weighted by atomic mass is 19.1. The van der Waals surface area contributed by atoms with Gasteiger partial charge in [-0.3, -0.25) is 9.88 Å². The van der Waals surface area contributed by atoms with E-state index in [2.05, 4.69) is 44.2 Å². The molecule has 0 radical (unpaired) electrons. The van der Waals surface area contributed by atoms with Crippen LogP contribution in [0.4, 0.5) is 10.3 Å². The first-order valence-electron chi connectivity index (χ1n) is 7.60. The summed E-state index contributed by atoms with van der Waals surface area (Å²) in [7, 11) is 0. The molecular formula is C16H20FN5. The van der Waals surface area contributed by atoms with E-state index in [1.165, 1.54) is 18.0 Å². The van der Waals surface area contributed by atoms with Crippen molar-refractivity contribution < 1.29 is 4.39 Å². The third-order valence-electron chi connectivity index (χ3n) is 4.22. The van der Waals surface area contributed by atoms with E-state index in [4.69, 9.17) is 0 Å². The molecule has 1 aliphatic rings. The maximum Gasteiger partial charge on any atom is 0.222 e. The Bertz CT molecular complexity index is 581. The number of hydrogen-bond donors (Lipinski definition) is 1. The Morgan fingerprint density at radius 3 is 2.45 bits per heavy atom. The van der Waals surface area contributed by atoms with E-state index in [1.54, 1.807) is 0 Å². The van der Waals surface area contributed by atoms with Crippen LogP contribution in [-0.4, -0.2) is 39.0 Å². The summed E-state index contributed by atoms with van der Waals surface area (Å²) in [5.41, 5.74) is 1.29. The molecule has 0 amide bonds. The molecule has 2 aromatic heterocycles. The predicted octanol–water partition coefficient (Wildman–Crippen LogP) is 2.65. The highest BCUT2D eigenvalue weighted by Crippen LogP contribution is 2.24. The fourth-order valence-electron chi connectivity index (χ4n) is 2.85. The fourth-order valence-corrected chi connectivity index (χ4v) is 2.85. The Balaban J connectivity index is 1.53. The summed E-state index contributed by atoms with van der Waals surface area (Å²) in [6.07, 6.45) is 8.11. The lowest BCUT2D eigenvalue weighted by atomic mass is 10.0. The minimum Gasteiger partial charge on any atom is -0.351 e. The molecule has 3 rings (SSSR count). The van der Waals surface area contributed by atoms with Gasteiger partial charge < -0.3 is 5.32 Å². The van der Waals surface area contributed by atoms with E-state index in [1.807, 2.05) is 12.4 Å². The van der Waals surface area contributed by atoms with Crippen molar-refractivity contribution in [3.63, 3.8) is 0 Å². The smallest absolute Gasteiger partial charge is 0.222 e. The van der Waals surface area contributed by atoms with E-state index in [-0.39, 0.29) is 0 Å². The van der Waals surface area contributed by atoms with Crippen molar-refractivity contribution in [2.75, 3.05) is 18.4 Å². The lowest BCUT2D eigenvalue weighted by molar-refractivity contribution is 0.167. The molecule has 6 heteroatoms. The number of piperidine rings is 1. The molecule has 1 atom stereocenters. The predicted molar refractivity (Wildman–Crippen MR) is 82.9 cm³/mol. The maximum absolute atomic E-state index is 12.8. The Kier molecular flexibility index (Phi) is 4.58. The second kappa shape index (κ2) is 6.79. The van der Waals surface area contributed by atoms with Crippen LogP contribution in [0.3, 0.4) is 0 Å². The number of anilines is 1.